The van der Waals surface area contributed by atoms with Gasteiger partial charge in [0.05, 0.1) is 5.56 Å². The van der Waals surface area contributed by atoms with E-state index in [1.165, 1.54) is 12.1 Å². The molecule has 0 bridgehead atoms. The Bertz CT molecular complexity index is 2680. The first kappa shape index (κ1) is 42.9. The number of carboxylic acids is 1. The second kappa shape index (κ2) is 18.9. The molecule has 0 unspecified atom stereocenters. The number of aromatic carboxylic acids is 1. The zero-order chi connectivity index (χ0) is 43.6. The predicted molar refractivity (Wildman–Crippen MR) is 227 cm³/mol. The van der Waals surface area contributed by atoms with Crippen LogP contribution in [0.1, 0.15) is 71.8 Å². The summed E-state index contributed by atoms with van der Waals surface area (Å²) in [6.07, 6.45) is 0. The van der Waals surface area contributed by atoms with E-state index in [-0.39, 0.29) is 16.9 Å². The number of rotatable bonds is 11. The topological polar surface area (TPSA) is 253 Å². The maximum Gasteiger partial charge on any atom is 0.335 e. The normalized spacial score (nSPS) is 11.2. The third kappa shape index (κ3) is 11.1. The Balaban J connectivity index is 0.000000169. The quantitative estimate of drug-likeness (QED) is 0.0882. The van der Waals surface area contributed by atoms with Gasteiger partial charge in [-0.3, -0.25) is 15.0 Å². The van der Waals surface area contributed by atoms with Gasteiger partial charge in [0.1, 0.15) is 11.6 Å². The summed E-state index contributed by atoms with van der Waals surface area (Å²) in [7, 11) is 0. The summed E-state index contributed by atoms with van der Waals surface area (Å²) in [6, 6.07) is 33.2. The second-order valence-electron chi connectivity index (χ2n) is 15.1. The number of hydrogen-bond donors (Lipinski definition) is 5. The minimum absolute atomic E-state index is 0.167. The van der Waals surface area contributed by atoms with Gasteiger partial charge >= 0.3 is 5.97 Å². The number of carbonyl (C=O) groups excluding carboxylic acids is 1. The van der Waals surface area contributed by atoms with Gasteiger partial charge in [-0.15, -0.1) is 0 Å². The number of nitrogens with zero attached hydrogens (tertiary/aromatic N) is 8. The van der Waals surface area contributed by atoms with Gasteiger partial charge in [0.25, 0.3) is 5.91 Å². The van der Waals surface area contributed by atoms with Crippen LogP contribution in [0.15, 0.2) is 118 Å². The Morgan fingerprint density at radius 2 is 1.05 bits per heavy atom. The summed E-state index contributed by atoms with van der Waals surface area (Å²) in [5.41, 5.74) is 9.13. The van der Waals surface area contributed by atoms with Crippen LogP contribution in [-0.4, -0.2) is 80.7 Å². The lowest BCUT2D eigenvalue weighted by Crippen LogP contribution is -2.37. The third-order valence-electron chi connectivity index (χ3n) is 9.32. The lowest BCUT2D eigenvalue weighted by molar-refractivity contribution is 0.0696. The molecule has 312 valence electrons. The van der Waals surface area contributed by atoms with Crippen molar-refractivity contribution in [1.29, 1.82) is 0 Å². The van der Waals surface area contributed by atoms with Gasteiger partial charge in [-0.25, -0.2) is 14.8 Å². The lowest BCUT2D eigenvalue weighted by Gasteiger charge is -2.22. The first-order valence-electron chi connectivity index (χ1n) is 19.2. The maximum absolute atomic E-state index is 12.7. The molecule has 0 radical (unpaired) electrons. The Morgan fingerprint density at radius 1 is 0.607 bits per heavy atom. The molecule has 61 heavy (non-hydrogen) atoms. The van der Waals surface area contributed by atoms with Crippen molar-refractivity contribution in [3.05, 3.63) is 144 Å². The zero-order valence-corrected chi connectivity index (χ0v) is 34.5. The first-order chi connectivity index (χ1) is 29.2. The van der Waals surface area contributed by atoms with E-state index in [0.29, 0.717) is 59.3 Å². The number of hydrogen-bond acceptors (Lipinski definition) is 13. The third-order valence-corrected chi connectivity index (χ3v) is 9.32. The van der Waals surface area contributed by atoms with Crippen LogP contribution in [0.3, 0.4) is 0 Å². The van der Waals surface area contributed by atoms with Gasteiger partial charge in [-0.05, 0) is 24.3 Å². The molecule has 0 atom stereocenters. The van der Waals surface area contributed by atoms with Crippen LogP contribution in [0, 0.1) is 13.8 Å². The van der Waals surface area contributed by atoms with Crippen molar-refractivity contribution >= 4 is 11.9 Å². The summed E-state index contributed by atoms with van der Waals surface area (Å²) in [6.45, 7) is 12.4. The highest BCUT2D eigenvalue weighted by Crippen LogP contribution is 2.24. The molecule has 8 aromatic rings. The predicted octanol–water partition coefficient (Wildman–Crippen LogP) is 6.99. The maximum atomic E-state index is 12.7. The molecule has 0 fully saturated rings. The van der Waals surface area contributed by atoms with E-state index in [2.05, 4.69) is 56.0 Å². The smallest absolute Gasteiger partial charge is 0.335 e. The van der Waals surface area contributed by atoms with Crippen LogP contribution in [0.4, 0.5) is 0 Å². The molecule has 0 saturated carbocycles. The highest BCUT2D eigenvalue weighted by Gasteiger charge is 2.27. The molecule has 0 spiro atoms. The standard InChI is InChI=1S/C22H22N6O2.C12H16N4.C10H8N2O3/c1-14-24-19(28-30-14)16-10-7-11-17(12-16)20(29)23-13-22(2,3)21-25-18(26-27-21)15-8-5-4-6-9-15;1-12(2,8-13)11-14-10(15-16-11)9-6-4-3-5-7-9;1-6-11-9(12-15-6)7-3-2-4-8(5-7)10(13)14/h4-12H,13H2,1-3H3,(H,23,29)(H,25,26,27);3-7H,8,13H2,1-2H3,(H,14,15,16);2-5H,1H3,(H,13,14). The number of aromatic nitrogens is 10. The molecule has 17 nitrogen and oxygen atoms in total. The fourth-order valence-electron chi connectivity index (χ4n) is 5.57. The monoisotopic (exact) mass is 822 g/mol. The Kier molecular flexibility index (Phi) is 13.3. The molecule has 0 aliphatic rings. The average Bonchev–Trinajstić information content (AvgIpc) is 4.13. The molecule has 4 aromatic heterocycles. The van der Waals surface area contributed by atoms with E-state index in [1.807, 2.05) is 94.4 Å². The molecule has 0 saturated heterocycles. The summed E-state index contributed by atoms with van der Waals surface area (Å²) in [5.74, 6) is 3.50. The molecular weight excluding hydrogens is 777 g/mol. The summed E-state index contributed by atoms with van der Waals surface area (Å²) >= 11 is 0. The van der Waals surface area contributed by atoms with E-state index in [4.69, 9.17) is 19.9 Å². The summed E-state index contributed by atoms with van der Waals surface area (Å²) in [4.78, 5) is 40.7. The van der Waals surface area contributed by atoms with Crippen molar-refractivity contribution in [2.24, 2.45) is 5.73 Å². The molecule has 0 aliphatic heterocycles. The Labute approximate surface area is 351 Å². The van der Waals surface area contributed by atoms with E-state index in [9.17, 15) is 9.59 Å². The van der Waals surface area contributed by atoms with Crippen LogP contribution in [0.5, 0.6) is 0 Å². The summed E-state index contributed by atoms with van der Waals surface area (Å²) < 4.78 is 9.83. The van der Waals surface area contributed by atoms with E-state index >= 15 is 0 Å². The van der Waals surface area contributed by atoms with Gasteiger partial charge in [-0.1, -0.05) is 123 Å². The van der Waals surface area contributed by atoms with Crippen LogP contribution >= 0.6 is 0 Å². The van der Waals surface area contributed by atoms with Crippen LogP contribution in [0.25, 0.3) is 45.6 Å². The average molecular weight is 823 g/mol. The number of benzene rings is 4. The van der Waals surface area contributed by atoms with E-state index < -0.39 is 11.4 Å². The molecule has 6 N–H and O–H groups in total. The molecule has 8 rings (SSSR count). The SMILES string of the molecule is CC(C)(CN)c1nc(-c2ccccc2)n[nH]1.Cc1nc(-c2cccc(C(=O)NCC(C)(C)c3nc(-c4ccccc4)n[nH]3)c2)no1.Cc1nc(-c2cccc(C(=O)O)c2)no1. The van der Waals surface area contributed by atoms with Gasteiger partial charge in [-0.2, -0.15) is 20.2 Å². The molecule has 17 heteroatoms. The van der Waals surface area contributed by atoms with Gasteiger partial charge in [0.2, 0.25) is 23.4 Å². The highest BCUT2D eigenvalue weighted by atomic mass is 16.5. The highest BCUT2D eigenvalue weighted by molar-refractivity contribution is 5.95. The minimum atomic E-state index is -0.975. The zero-order valence-electron chi connectivity index (χ0n) is 34.5. The fraction of sp³-hybridized carbons (Fsp3) is 0.227. The number of carbonyl (C=O) groups is 2. The largest absolute Gasteiger partial charge is 0.478 e. The van der Waals surface area contributed by atoms with Crippen molar-refractivity contribution in [1.82, 2.24) is 56.0 Å². The lowest BCUT2D eigenvalue weighted by atomic mass is 9.92. The molecule has 4 aromatic carbocycles. The number of carboxylic acid groups (broad SMARTS) is 1. The number of H-pyrrole nitrogens is 2. The molecule has 0 aliphatic carbocycles. The molecular formula is C44H46N12O5. The van der Waals surface area contributed by atoms with Gasteiger partial charge in [0, 0.05) is 65.6 Å². The van der Waals surface area contributed by atoms with Crippen molar-refractivity contribution in [2.45, 2.75) is 52.4 Å². The number of aryl methyl sites for hydroxylation is 2. The van der Waals surface area contributed by atoms with Crippen molar-refractivity contribution < 1.29 is 23.7 Å². The fourth-order valence-corrected chi connectivity index (χ4v) is 5.57. The second-order valence-corrected chi connectivity index (χ2v) is 15.1. The first-order valence-corrected chi connectivity index (χ1v) is 19.2. The van der Waals surface area contributed by atoms with Crippen molar-refractivity contribution in [2.75, 3.05) is 13.1 Å². The van der Waals surface area contributed by atoms with Crippen LogP contribution in [0.2, 0.25) is 0 Å². The van der Waals surface area contributed by atoms with Crippen LogP contribution in [-0.2, 0) is 10.8 Å². The molecule has 4 heterocycles. The summed E-state index contributed by atoms with van der Waals surface area (Å²) in [5, 5.41) is 33.9. The Hall–Kier alpha value is -7.66. The minimum Gasteiger partial charge on any atom is -0.478 e. The van der Waals surface area contributed by atoms with Crippen LogP contribution < -0.4 is 11.1 Å². The van der Waals surface area contributed by atoms with E-state index in [0.717, 1.165) is 28.3 Å². The Morgan fingerprint density at radius 3 is 1.49 bits per heavy atom. The number of aromatic amines is 2. The molecule has 1 amide bonds. The van der Waals surface area contributed by atoms with E-state index in [1.54, 1.807) is 44.2 Å². The number of nitrogens with two attached hydrogens (primary N) is 1. The van der Waals surface area contributed by atoms with Crippen molar-refractivity contribution in [3.8, 4) is 45.6 Å². The van der Waals surface area contributed by atoms with Gasteiger partial charge in [0.15, 0.2) is 11.6 Å². The number of amides is 1. The van der Waals surface area contributed by atoms with Gasteiger partial charge < -0.3 is 25.2 Å². The number of nitrogens with one attached hydrogen (secondary N) is 3. The van der Waals surface area contributed by atoms with Crippen molar-refractivity contribution in [3.63, 3.8) is 0 Å².